The zero-order valence-electron chi connectivity index (χ0n) is 16.0. The summed E-state index contributed by atoms with van der Waals surface area (Å²) in [5.74, 6) is -3.15. The fraction of sp³-hybridized carbons (Fsp3) is 0.150. The molecule has 1 heterocycles. The Kier molecular flexibility index (Phi) is 5.86. The van der Waals surface area contributed by atoms with E-state index in [-0.39, 0.29) is 27.7 Å². The van der Waals surface area contributed by atoms with Gasteiger partial charge in [-0.15, -0.1) is 0 Å². The second-order valence-corrected chi connectivity index (χ2v) is 6.91. The average molecular weight is 458 g/mol. The number of nitrogens with zero attached hydrogens (tertiary/aromatic N) is 3. The normalized spacial score (nSPS) is 11.5. The molecule has 11 heteroatoms. The Hall–Kier alpha value is -3.27. The molecule has 162 valence electrons. The van der Waals surface area contributed by atoms with Gasteiger partial charge in [0.25, 0.3) is 5.91 Å². The molecule has 1 aromatic heterocycles. The first-order valence-corrected chi connectivity index (χ1v) is 8.99. The number of carbonyl (C=O) groups excluding carboxylic acids is 1. The molecule has 0 unspecified atom stereocenters. The van der Waals surface area contributed by atoms with Crippen molar-refractivity contribution in [1.29, 1.82) is 0 Å². The number of benzene rings is 2. The maximum atomic E-state index is 14.0. The van der Waals surface area contributed by atoms with Crippen LogP contribution in [0.15, 0.2) is 47.3 Å². The van der Waals surface area contributed by atoms with E-state index in [0.717, 1.165) is 21.6 Å². The monoisotopic (exact) mass is 457 g/mol. The van der Waals surface area contributed by atoms with Gasteiger partial charge in [-0.3, -0.25) is 9.36 Å². The quantitative estimate of drug-likeness (QED) is 0.532. The molecule has 3 rings (SSSR count). The highest BCUT2D eigenvalue weighted by Crippen LogP contribution is 2.29. The van der Waals surface area contributed by atoms with Gasteiger partial charge in [0.2, 0.25) is 0 Å². The standard InChI is InChI=1S/C20H13ClF5N3O2/c1-10-8-16(20(24,25)26)27-19(31)29(10)15-9-11(6-7-12(15)21)18(30)28(2)14-5-3-4-13(22)17(14)23/h3-9H,1-2H3. The molecule has 0 radical (unpaired) electrons. The average Bonchev–Trinajstić information content (AvgIpc) is 2.69. The number of alkyl halides is 3. The third kappa shape index (κ3) is 4.29. The van der Waals surface area contributed by atoms with Crippen molar-refractivity contribution in [3.8, 4) is 5.69 Å². The summed E-state index contributed by atoms with van der Waals surface area (Å²) in [5.41, 5.74) is -3.23. The van der Waals surface area contributed by atoms with Crippen LogP contribution in [0.4, 0.5) is 27.6 Å². The van der Waals surface area contributed by atoms with E-state index in [1.165, 1.54) is 38.2 Å². The summed E-state index contributed by atoms with van der Waals surface area (Å²) >= 11 is 6.11. The van der Waals surface area contributed by atoms with Crippen molar-refractivity contribution in [2.45, 2.75) is 13.1 Å². The van der Waals surface area contributed by atoms with Gasteiger partial charge in [0.05, 0.1) is 16.4 Å². The van der Waals surface area contributed by atoms with Crippen molar-refractivity contribution < 1.29 is 26.7 Å². The number of amides is 1. The molecule has 0 saturated carbocycles. The topological polar surface area (TPSA) is 55.2 Å². The smallest absolute Gasteiger partial charge is 0.309 e. The molecule has 0 saturated heterocycles. The van der Waals surface area contributed by atoms with Crippen LogP contribution in [0.5, 0.6) is 0 Å². The van der Waals surface area contributed by atoms with Crippen molar-refractivity contribution in [1.82, 2.24) is 9.55 Å². The molecule has 0 aliphatic rings. The van der Waals surface area contributed by atoms with Crippen LogP contribution in [0.3, 0.4) is 0 Å². The lowest BCUT2D eigenvalue weighted by Gasteiger charge is -2.19. The lowest BCUT2D eigenvalue weighted by atomic mass is 10.1. The van der Waals surface area contributed by atoms with Crippen LogP contribution < -0.4 is 10.6 Å². The molecule has 0 fully saturated rings. The van der Waals surface area contributed by atoms with Crippen molar-refractivity contribution in [2.24, 2.45) is 0 Å². The number of anilines is 1. The molecular formula is C20H13ClF5N3O2. The highest BCUT2D eigenvalue weighted by Gasteiger charge is 2.34. The van der Waals surface area contributed by atoms with Gasteiger partial charge in [0.15, 0.2) is 17.3 Å². The number of aryl methyl sites for hydroxylation is 1. The molecule has 0 spiro atoms. The third-order valence-corrected chi connectivity index (χ3v) is 4.75. The number of halogens is 6. The molecule has 0 aliphatic heterocycles. The fourth-order valence-electron chi connectivity index (χ4n) is 2.91. The van der Waals surface area contributed by atoms with Crippen LogP contribution >= 0.6 is 11.6 Å². The Morgan fingerprint density at radius 3 is 2.42 bits per heavy atom. The van der Waals surface area contributed by atoms with E-state index in [1.54, 1.807) is 0 Å². The fourth-order valence-corrected chi connectivity index (χ4v) is 3.11. The minimum atomic E-state index is -4.82. The van der Waals surface area contributed by atoms with E-state index in [1.807, 2.05) is 0 Å². The van der Waals surface area contributed by atoms with Gasteiger partial charge in [-0.05, 0) is 43.3 Å². The van der Waals surface area contributed by atoms with Gasteiger partial charge >= 0.3 is 11.9 Å². The second kappa shape index (κ2) is 8.10. The zero-order chi connectivity index (χ0) is 23.1. The highest BCUT2D eigenvalue weighted by atomic mass is 35.5. The Labute approximate surface area is 177 Å². The predicted octanol–water partition coefficient (Wildman–Crippen LogP) is 4.77. The van der Waals surface area contributed by atoms with E-state index >= 15 is 0 Å². The number of rotatable bonds is 3. The van der Waals surface area contributed by atoms with E-state index in [0.29, 0.717) is 6.07 Å². The third-order valence-electron chi connectivity index (χ3n) is 4.43. The predicted molar refractivity (Wildman–Crippen MR) is 104 cm³/mol. The minimum Gasteiger partial charge on any atom is -0.309 e. The van der Waals surface area contributed by atoms with Crippen LogP contribution in [-0.4, -0.2) is 22.5 Å². The van der Waals surface area contributed by atoms with E-state index in [9.17, 15) is 31.5 Å². The molecule has 1 amide bonds. The minimum absolute atomic E-state index is 0.0390. The Morgan fingerprint density at radius 2 is 1.81 bits per heavy atom. The molecule has 0 N–H and O–H groups in total. The van der Waals surface area contributed by atoms with Gasteiger partial charge < -0.3 is 4.90 Å². The van der Waals surface area contributed by atoms with Crippen LogP contribution in [0.2, 0.25) is 5.02 Å². The van der Waals surface area contributed by atoms with Gasteiger partial charge in [0, 0.05) is 18.3 Å². The molecular weight excluding hydrogens is 445 g/mol. The number of hydrogen-bond acceptors (Lipinski definition) is 3. The first-order valence-electron chi connectivity index (χ1n) is 8.61. The summed E-state index contributed by atoms with van der Waals surface area (Å²) in [4.78, 5) is 29.0. The Morgan fingerprint density at radius 1 is 1.13 bits per heavy atom. The first-order chi connectivity index (χ1) is 14.4. The zero-order valence-corrected chi connectivity index (χ0v) is 16.7. The maximum Gasteiger partial charge on any atom is 0.433 e. The van der Waals surface area contributed by atoms with Gasteiger partial charge in [-0.1, -0.05) is 17.7 Å². The van der Waals surface area contributed by atoms with Crippen LogP contribution in [-0.2, 0) is 6.18 Å². The summed E-state index contributed by atoms with van der Waals surface area (Å²) in [5, 5.41) is -0.0390. The van der Waals surface area contributed by atoms with E-state index in [2.05, 4.69) is 4.98 Å². The number of carbonyl (C=O) groups is 1. The molecule has 2 aromatic carbocycles. The van der Waals surface area contributed by atoms with Crippen molar-refractivity contribution in [2.75, 3.05) is 11.9 Å². The summed E-state index contributed by atoms with van der Waals surface area (Å²) in [6.45, 7) is 1.25. The lowest BCUT2D eigenvalue weighted by molar-refractivity contribution is -0.141. The molecule has 0 aliphatic carbocycles. The largest absolute Gasteiger partial charge is 0.433 e. The maximum absolute atomic E-state index is 14.0. The molecule has 0 atom stereocenters. The lowest BCUT2D eigenvalue weighted by Crippen LogP contribution is -2.29. The first kappa shape index (κ1) is 22.4. The van der Waals surface area contributed by atoms with Crippen LogP contribution in [0, 0.1) is 18.6 Å². The summed E-state index contributed by atoms with van der Waals surface area (Å²) in [6, 6.07) is 7.67. The summed E-state index contributed by atoms with van der Waals surface area (Å²) in [7, 11) is 1.21. The van der Waals surface area contributed by atoms with Crippen molar-refractivity contribution in [3.05, 3.63) is 86.6 Å². The molecule has 5 nitrogen and oxygen atoms in total. The van der Waals surface area contributed by atoms with Crippen molar-refractivity contribution in [3.63, 3.8) is 0 Å². The van der Waals surface area contributed by atoms with Crippen LogP contribution in [0.25, 0.3) is 5.69 Å². The Balaban J connectivity index is 2.08. The van der Waals surface area contributed by atoms with Gasteiger partial charge in [-0.25, -0.2) is 13.6 Å². The molecule has 3 aromatic rings. The Bertz CT molecular complexity index is 1240. The molecule has 31 heavy (non-hydrogen) atoms. The molecule has 0 bridgehead atoms. The van der Waals surface area contributed by atoms with Gasteiger partial charge in [0.1, 0.15) is 0 Å². The van der Waals surface area contributed by atoms with E-state index in [4.69, 9.17) is 11.6 Å². The highest BCUT2D eigenvalue weighted by molar-refractivity contribution is 6.32. The summed E-state index contributed by atoms with van der Waals surface area (Å²) < 4.78 is 67.0. The summed E-state index contributed by atoms with van der Waals surface area (Å²) in [6.07, 6.45) is -4.82. The number of aromatic nitrogens is 2. The van der Waals surface area contributed by atoms with E-state index < -0.39 is 35.1 Å². The SMILES string of the molecule is Cc1cc(C(F)(F)F)nc(=O)n1-c1cc(C(=O)N(C)c2cccc(F)c2F)ccc1Cl. The van der Waals surface area contributed by atoms with Gasteiger partial charge in [-0.2, -0.15) is 18.2 Å². The number of hydrogen-bond donors (Lipinski definition) is 0. The van der Waals surface area contributed by atoms with Crippen molar-refractivity contribution >= 4 is 23.2 Å². The van der Waals surface area contributed by atoms with Crippen LogP contribution in [0.1, 0.15) is 21.7 Å². The second-order valence-electron chi connectivity index (χ2n) is 6.50.